The summed E-state index contributed by atoms with van der Waals surface area (Å²) >= 11 is 0. The molecule has 1 aliphatic carbocycles. The third-order valence-corrected chi connectivity index (χ3v) is 6.16. The van der Waals surface area contributed by atoms with Crippen molar-refractivity contribution in [2.45, 2.75) is 31.4 Å². The van der Waals surface area contributed by atoms with Crippen molar-refractivity contribution >= 4 is 18.0 Å². The van der Waals surface area contributed by atoms with Gasteiger partial charge in [-0.2, -0.15) is 0 Å². The molecule has 0 bridgehead atoms. The lowest BCUT2D eigenvalue weighted by Crippen LogP contribution is -2.41. The molecule has 0 saturated carbocycles. The Kier molecular flexibility index (Phi) is 6.46. The highest BCUT2D eigenvalue weighted by Gasteiger charge is 2.39. The molecular formula is C25H26N2O6. The number of nitrogens with one attached hydrogen (secondary N) is 1. The van der Waals surface area contributed by atoms with Gasteiger partial charge < -0.3 is 25.2 Å². The van der Waals surface area contributed by atoms with Gasteiger partial charge in [0.15, 0.2) is 0 Å². The molecule has 2 aromatic rings. The lowest BCUT2D eigenvalue weighted by molar-refractivity contribution is -0.146. The average molecular weight is 450 g/mol. The number of β-amino-alcohol motifs (C(OH)–C–C–N with tert-alkyl or cyclic N) is 1. The maximum absolute atomic E-state index is 12.6. The standard InChI is InChI=1S/C25H26N2O6/c1-15(23(29)27-13-16(28)12-22(27)24(30)31)10-11-26-25(32)33-14-21-19-8-4-2-6-17(19)18-7-3-5-9-20(18)21/h2-10,16,21-22,28H,11-14H2,1H3,(H,26,32)(H,30,31)/b15-10+/t16-,22-/m1/s1. The molecule has 172 valence electrons. The molecule has 2 amide bonds. The van der Waals surface area contributed by atoms with Gasteiger partial charge in [-0.3, -0.25) is 4.79 Å². The number of aliphatic hydroxyl groups is 1. The summed E-state index contributed by atoms with van der Waals surface area (Å²) in [7, 11) is 0. The first-order valence-corrected chi connectivity index (χ1v) is 10.8. The minimum absolute atomic E-state index is 0.00630. The van der Waals surface area contributed by atoms with Crippen LogP contribution in [0.1, 0.15) is 30.4 Å². The maximum atomic E-state index is 12.6. The number of carboxylic acids is 1. The van der Waals surface area contributed by atoms with Crippen LogP contribution in [0.4, 0.5) is 4.79 Å². The van der Waals surface area contributed by atoms with Gasteiger partial charge in [0, 0.05) is 31.0 Å². The molecule has 3 N–H and O–H groups in total. The Hall–Kier alpha value is -3.65. The predicted octanol–water partition coefficient (Wildman–Crippen LogP) is 2.52. The monoisotopic (exact) mass is 450 g/mol. The van der Waals surface area contributed by atoms with Crippen LogP contribution in [-0.2, 0) is 14.3 Å². The van der Waals surface area contributed by atoms with E-state index in [0.717, 1.165) is 27.2 Å². The number of carbonyl (C=O) groups is 3. The Balaban J connectivity index is 1.32. The van der Waals surface area contributed by atoms with Gasteiger partial charge in [0.25, 0.3) is 0 Å². The summed E-state index contributed by atoms with van der Waals surface area (Å²) in [6.07, 6.45) is 0.0508. The fraction of sp³-hybridized carbons (Fsp3) is 0.320. The molecule has 8 nitrogen and oxygen atoms in total. The summed E-state index contributed by atoms with van der Waals surface area (Å²) in [4.78, 5) is 37.3. The molecule has 1 saturated heterocycles. The molecule has 2 atom stereocenters. The first-order valence-electron chi connectivity index (χ1n) is 10.8. The number of ether oxygens (including phenoxy) is 1. The quantitative estimate of drug-likeness (QED) is 0.583. The first kappa shape index (κ1) is 22.5. The summed E-state index contributed by atoms with van der Waals surface area (Å²) in [5, 5.41) is 21.6. The van der Waals surface area contributed by atoms with Crippen molar-refractivity contribution in [1.29, 1.82) is 0 Å². The molecule has 2 aromatic carbocycles. The maximum Gasteiger partial charge on any atom is 0.407 e. The number of rotatable bonds is 6. The fourth-order valence-electron chi connectivity index (χ4n) is 4.52. The van der Waals surface area contributed by atoms with Crippen LogP contribution in [0, 0.1) is 0 Å². The summed E-state index contributed by atoms with van der Waals surface area (Å²) in [5.41, 5.74) is 4.81. The number of nitrogens with zero attached hydrogens (tertiary/aromatic N) is 1. The van der Waals surface area contributed by atoms with Crippen LogP contribution in [0.2, 0.25) is 0 Å². The van der Waals surface area contributed by atoms with Gasteiger partial charge in [0.1, 0.15) is 12.6 Å². The molecule has 1 fully saturated rings. The number of benzene rings is 2. The van der Waals surface area contributed by atoms with Crippen molar-refractivity contribution in [3.05, 3.63) is 71.3 Å². The Morgan fingerprint density at radius 1 is 1.09 bits per heavy atom. The lowest BCUT2D eigenvalue weighted by Gasteiger charge is -2.21. The highest BCUT2D eigenvalue weighted by molar-refractivity contribution is 5.96. The molecule has 0 spiro atoms. The van der Waals surface area contributed by atoms with Gasteiger partial charge in [-0.15, -0.1) is 0 Å². The molecule has 0 unspecified atom stereocenters. The summed E-state index contributed by atoms with van der Waals surface area (Å²) in [5.74, 6) is -1.67. The minimum Gasteiger partial charge on any atom is -0.480 e. The number of likely N-dealkylation sites (tertiary alicyclic amines) is 1. The number of alkyl carbamates (subject to hydrolysis) is 1. The number of hydrogen-bond acceptors (Lipinski definition) is 5. The number of aliphatic hydroxyl groups excluding tert-OH is 1. The topological polar surface area (TPSA) is 116 Å². The number of amides is 2. The summed E-state index contributed by atoms with van der Waals surface area (Å²) < 4.78 is 5.46. The normalized spacial score (nSPS) is 19.7. The van der Waals surface area contributed by atoms with E-state index in [1.807, 2.05) is 36.4 Å². The lowest BCUT2D eigenvalue weighted by atomic mass is 9.98. The summed E-state index contributed by atoms with van der Waals surface area (Å²) in [6.45, 7) is 1.77. The summed E-state index contributed by atoms with van der Waals surface area (Å²) in [6, 6.07) is 15.1. The van der Waals surface area contributed by atoms with E-state index in [1.165, 1.54) is 6.08 Å². The number of carbonyl (C=O) groups excluding carboxylic acids is 2. The van der Waals surface area contributed by atoms with E-state index in [9.17, 15) is 24.6 Å². The SMILES string of the molecule is C/C(=C\CNC(=O)OCC1c2ccccc2-c2ccccc21)C(=O)N1C[C@H](O)C[C@@H]1C(=O)O. The van der Waals surface area contributed by atoms with Crippen molar-refractivity contribution in [3.8, 4) is 11.1 Å². The van der Waals surface area contributed by atoms with Crippen molar-refractivity contribution in [3.63, 3.8) is 0 Å². The van der Waals surface area contributed by atoms with E-state index in [4.69, 9.17) is 4.74 Å². The van der Waals surface area contributed by atoms with Crippen LogP contribution in [0.5, 0.6) is 0 Å². The molecule has 2 aliphatic rings. The molecule has 33 heavy (non-hydrogen) atoms. The van der Waals surface area contributed by atoms with Crippen LogP contribution in [0.3, 0.4) is 0 Å². The third-order valence-electron chi connectivity index (χ3n) is 6.16. The first-order chi connectivity index (χ1) is 15.9. The largest absolute Gasteiger partial charge is 0.480 e. The Morgan fingerprint density at radius 2 is 1.70 bits per heavy atom. The van der Waals surface area contributed by atoms with Gasteiger partial charge in [-0.05, 0) is 29.2 Å². The van der Waals surface area contributed by atoms with E-state index >= 15 is 0 Å². The molecular weight excluding hydrogens is 424 g/mol. The zero-order valence-corrected chi connectivity index (χ0v) is 18.2. The minimum atomic E-state index is -1.15. The molecule has 0 radical (unpaired) electrons. The zero-order chi connectivity index (χ0) is 23.5. The predicted molar refractivity (Wildman–Crippen MR) is 121 cm³/mol. The Morgan fingerprint density at radius 3 is 2.30 bits per heavy atom. The van der Waals surface area contributed by atoms with Crippen molar-refractivity contribution < 1.29 is 29.3 Å². The van der Waals surface area contributed by atoms with E-state index < -0.39 is 30.1 Å². The van der Waals surface area contributed by atoms with E-state index in [-0.39, 0.29) is 37.6 Å². The molecule has 8 heteroatoms. The average Bonchev–Trinajstić information content (AvgIpc) is 3.35. The second-order valence-electron chi connectivity index (χ2n) is 8.29. The van der Waals surface area contributed by atoms with Gasteiger partial charge in [0.2, 0.25) is 5.91 Å². The zero-order valence-electron chi connectivity index (χ0n) is 18.2. The van der Waals surface area contributed by atoms with E-state index in [2.05, 4.69) is 17.4 Å². The fourth-order valence-corrected chi connectivity index (χ4v) is 4.52. The van der Waals surface area contributed by atoms with Crippen molar-refractivity contribution in [2.75, 3.05) is 19.7 Å². The van der Waals surface area contributed by atoms with Gasteiger partial charge in [-0.1, -0.05) is 54.6 Å². The smallest absolute Gasteiger partial charge is 0.407 e. The molecule has 1 aliphatic heterocycles. The van der Waals surface area contributed by atoms with E-state index in [0.29, 0.717) is 0 Å². The number of carboxylic acid groups (broad SMARTS) is 1. The van der Waals surface area contributed by atoms with Crippen LogP contribution in [0.15, 0.2) is 60.2 Å². The molecule has 4 rings (SSSR count). The van der Waals surface area contributed by atoms with Gasteiger partial charge in [-0.25, -0.2) is 9.59 Å². The number of hydrogen-bond donors (Lipinski definition) is 3. The molecule has 1 heterocycles. The highest BCUT2D eigenvalue weighted by atomic mass is 16.5. The van der Waals surface area contributed by atoms with Crippen molar-refractivity contribution in [1.82, 2.24) is 10.2 Å². The Bertz CT molecular complexity index is 1070. The van der Waals surface area contributed by atoms with Crippen LogP contribution in [0.25, 0.3) is 11.1 Å². The second kappa shape index (κ2) is 9.46. The van der Waals surface area contributed by atoms with Crippen LogP contribution >= 0.6 is 0 Å². The van der Waals surface area contributed by atoms with Crippen LogP contribution < -0.4 is 5.32 Å². The third kappa shape index (κ3) is 4.61. The number of aliphatic carboxylic acids is 1. The highest BCUT2D eigenvalue weighted by Crippen LogP contribution is 2.44. The Labute approximate surface area is 191 Å². The van der Waals surface area contributed by atoms with E-state index in [1.54, 1.807) is 6.92 Å². The van der Waals surface area contributed by atoms with Crippen molar-refractivity contribution in [2.24, 2.45) is 0 Å². The molecule has 0 aromatic heterocycles. The van der Waals surface area contributed by atoms with Gasteiger partial charge in [0.05, 0.1) is 6.10 Å². The van der Waals surface area contributed by atoms with Gasteiger partial charge >= 0.3 is 12.1 Å². The number of fused-ring (bicyclic) bond motifs is 3. The van der Waals surface area contributed by atoms with Crippen LogP contribution in [-0.4, -0.2) is 64.9 Å². The second-order valence-corrected chi connectivity index (χ2v) is 8.29.